The van der Waals surface area contributed by atoms with Crippen molar-refractivity contribution in [3.05, 3.63) is 12.1 Å². The molecule has 0 aromatic carbocycles. The number of aromatic nitrogens is 1. The molecule has 0 saturated carbocycles. The zero-order valence-corrected chi connectivity index (χ0v) is 15.8. The molecule has 1 saturated heterocycles. The maximum absolute atomic E-state index is 12.3. The van der Waals surface area contributed by atoms with Crippen molar-refractivity contribution in [2.24, 2.45) is 5.41 Å². The molecule has 1 aromatic rings. The second-order valence-corrected chi connectivity index (χ2v) is 7.50. The number of nitrogens with zero attached hydrogens (tertiary/aromatic N) is 3. The van der Waals surface area contributed by atoms with Gasteiger partial charge in [0.2, 0.25) is 17.7 Å². The van der Waals surface area contributed by atoms with Gasteiger partial charge < -0.3 is 19.9 Å². The van der Waals surface area contributed by atoms with Gasteiger partial charge in [-0.1, -0.05) is 20.8 Å². The van der Waals surface area contributed by atoms with Crippen LogP contribution in [0.2, 0.25) is 0 Å². The Morgan fingerprint density at radius 1 is 1.20 bits per heavy atom. The van der Waals surface area contributed by atoms with Crippen LogP contribution < -0.4 is 15.0 Å². The van der Waals surface area contributed by atoms with Crippen LogP contribution in [0.3, 0.4) is 0 Å². The minimum Gasteiger partial charge on any atom is -0.481 e. The van der Waals surface area contributed by atoms with E-state index in [0.717, 1.165) is 0 Å². The molecule has 1 N–H and O–H groups in total. The summed E-state index contributed by atoms with van der Waals surface area (Å²) in [5.41, 5.74) is 0.586. The number of carbonyl (C=O) groups excluding carboxylic acids is 2. The van der Waals surface area contributed by atoms with Gasteiger partial charge in [-0.3, -0.25) is 9.59 Å². The minimum absolute atomic E-state index is 0.0388. The molecule has 0 atom stereocenters. The summed E-state index contributed by atoms with van der Waals surface area (Å²) in [5, 5.41) is 2.97. The second-order valence-electron chi connectivity index (χ2n) is 7.50. The lowest BCUT2D eigenvalue weighted by atomic mass is 9.92. The van der Waals surface area contributed by atoms with Gasteiger partial charge in [0.1, 0.15) is 0 Å². The minimum atomic E-state index is -0.0861. The number of amides is 2. The topological polar surface area (TPSA) is 74.8 Å². The Labute approximate surface area is 149 Å². The molecule has 0 unspecified atom stereocenters. The fraction of sp³-hybridized carbons (Fsp3) is 0.611. The van der Waals surface area contributed by atoms with E-state index in [9.17, 15) is 9.59 Å². The SMILES string of the molecule is COc1ccc(NC(=O)CC(C)(C)C)c(N2CCN(C(C)=O)CC2)n1. The lowest BCUT2D eigenvalue weighted by Gasteiger charge is -2.35. The Balaban J connectivity index is 2.18. The molecule has 1 aliphatic rings. The van der Waals surface area contributed by atoms with Crippen molar-refractivity contribution >= 4 is 23.3 Å². The van der Waals surface area contributed by atoms with Gasteiger partial charge in [0.05, 0.1) is 12.8 Å². The zero-order valence-electron chi connectivity index (χ0n) is 15.8. The summed E-state index contributed by atoms with van der Waals surface area (Å²) in [6.07, 6.45) is 0.427. The third-order valence-corrected chi connectivity index (χ3v) is 4.05. The molecular weight excluding hydrogens is 320 g/mol. The Morgan fingerprint density at radius 2 is 1.84 bits per heavy atom. The van der Waals surface area contributed by atoms with Gasteiger partial charge in [0.15, 0.2) is 5.82 Å². The average molecular weight is 348 g/mol. The van der Waals surface area contributed by atoms with Gasteiger partial charge in [0, 0.05) is 45.6 Å². The van der Waals surface area contributed by atoms with Crippen LogP contribution in [0.25, 0.3) is 0 Å². The zero-order chi connectivity index (χ0) is 18.6. The maximum Gasteiger partial charge on any atom is 0.224 e. The molecule has 1 aliphatic heterocycles. The molecule has 2 heterocycles. The summed E-state index contributed by atoms with van der Waals surface area (Å²) < 4.78 is 5.23. The van der Waals surface area contributed by atoms with E-state index in [4.69, 9.17) is 4.74 Å². The summed E-state index contributed by atoms with van der Waals surface area (Å²) in [6.45, 7) is 10.3. The summed E-state index contributed by atoms with van der Waals surface area (Å²) in [4.78, 5) is 32.2. The second kappa shape index (κ2) is 7.72. The van der Waals surface area contributed by atoms with Crippen LogP contribution in [0.4, 0.5) is 11.5 Å². The van der Waals surface area contributed by atoms with Gasteiger partial charge in [-0.15, -0.1) is 0 Å². The van der Waals surface area contributed by atoms with E-state index in [1.54, 1.807) is 20.1 Å². The van der Waals surface area contributed by atoms with Gasteiger partial charge in [0.25, 0.3) is 0 Å². The van der Waals surface area contributed by atoms with Crippen LogP contribution in [0.1, 0.15) is 34.1 Å². The van der Waals surface area contributed by atoms with Crippen molar-refractivity contribution in [1.29, 1.82) is 0 Å². The molecule has 7 heteroatoms. The molecule has 138 valence electrons. The van der Waals surface area contributed by atoms with Crippen LogP contribution in [0.15, 0.2) is 12.1 Å². The van der Waals surface area contributed by atoms with Crippen molar-refractivity contribution < 1.29 is 14.3 Å². The third kappa shape index (κ3) is 5.34. The highest BCUT2D eigenvalue weighted by molar-refractivity contribution is 5.94. The predicted molar refractivity (Wildman–Crippen MR) is 98.0 cm³/mol. The first kappa shape index (κ1) is 19.0. The van der Waals surface area contributed by atoms with Crippen molar-refractivity contribution in [3.63, 3.8) is 0 Å². The van der Waals surface area contributed by atoms with Crippen LogP contribution in [0, 0.1) is 5.41 Å². The van der Waals surface area contributed by atoms with Gasteiger partial charge in [-0.2, -0.15) is 4.98 Å². The number of ether oxygens (including phenoxy) is 1. The average Bonchev–Trinajstić information content (AvgIpc) is 2.53. The Hall–Kier alpha value is -2.31. The van der Waals surface area contributed by atoms with Crippen molar-refractivity contribution in [1.82, 2.24) is 9.88 Å². The van der Waals surface area contributed by atoms with Gasteiger partial charge in [-0.25, -0.2) is 0 Å². The number of hydrogen-bond acceptors (Lipinski definition) is 5. The fourth-order valence-electron chi connectivity index (χ4n) is 2.79. The highest BCUT2D eigenvalue weighted by Gasteiger charge is 2.24. The fourth-order valence-corrected chi connectivity index (χ4v) is 2.79. The third-order valence-electron chi connectivity index (χ3n) is 4.05. The van der Waals surface area contributed by atoms with Crippen LogP contribution >= 0.6 is 0 Å². The van der Waals surface area contributed by atoms with Crippen molar-refractivity contribution in [2.75, 3.05) is 43.5 Å². The number of methoxy groups -OCH3 is 1. The van der Waals surface area contributed by atoms with E-state index in [2.05, 4.69) is 15.2 Å². The van der Waals surface area contributed by atoms with Crippen LogP contribution in [-0.2, 0) is 9.59 Å². The number of anilines is 2. The molecule has 1 fully saturated rings. The highest BCUT2D eigenvalue weighted by Crippen LogP contribution is 2.29. The molecule has 1 aromatic heterocycles. The van der Waals surface area contributed by atoms with E-state index in [1.807, 2.05) is 31.7 Å². The van der Waals surface area contributed by atoms with E-state index in [1.165, 1.54) is 0 Å². The number of pyridine rings is 1. The largest absolute Gasteiger partial charge is 0.481 e. The Bertz CT molecular complexity index is 632. The molecule has 2 amide bonds. The summed E-state index contributed by atoms with van der Waals surface area (Å²) in [6, 6.07) is 3.56. The number of rotatable bonds is 4. The van der Waals surface area contributed by atoms with Crippen molar-refractivity contribution in [3.8, 4) is 5.88 Å². The van der Waals surface area contributed by atoms with Crippen LogP contribution in [0.5, 0.6) is 5.88 Å². The first-order chi connectivity index (χ1) is 11.7. The van der Waals surface area contributed by atoms with E-state index >= 15 is 0 Å². The summed E-state index contributed by atoms with van der Waals surface area (Å²) in [7, 11) is 1.57. The number of hydrogen-bond donors (Lipinski definition) is 1. The summed E-state index contributed by atoms with van der Waals surface area (Å²) in [5.74, 6) is 1.22. The quantitative estimate of drug-likeness (QED) is 0.902. The molecule has 0 spiro atoms. The smallest absolute Gasteiger partial charge is 0.224 e. The monoisotopic (exact) mass is 348 g/mol. The number of nitrogens with one attached hydrogen (secondary N) is 1. The molecule has 0 radical (unpaired) electrons. The standard InChI is InChI=1S/C18H28N4O3/c1-13(23)21-8-10-22(11-9-21)17-14(6-7-16(20-17)25-5)19-15(24)12-18(2,3)4/h6-7H,8-12H2,1-5H3,(H,19,24). The van der Waals surface area contributed by atoms with Gasteiger partial charge in [-0.05, 0) is 11.5 Å². The van der Waals surface area contributed by atoms with E-state index in [0.29, 0.717) is 50.0 Å². The van der Waals surface area contributed by atoms with Crippen LogP contribution in [-0.4, -0.2) is 55.0 Å². The van der Waals surface area contributed by atoms with Crippen molar-refractivity contribution in [2.45, 2.75) is 34.1 Å². The first-order valence-electron chi connectivity index (χ1n) is 8.55. The lowest BCUT2D eigenvalue weighted by molar-refractivity contribution is -0.129. The maximum atomic E-state index is 12.3. The molecule has 2 rings (SSSR count). The van der Waals surface area contributed by atoms with E-state index in [-0.39, 0.29) is 17.2 Å². The molecule has 0 aliphatic carbocycles. The van der Waals surface area contributed by atoms with E-state index < -0.39 is 0 Å². The predicted octanol–water partition coefficient (Wildman–Crippen LogP) is 2.13. The highest BCUT2D eigenvalue weighted by atomic mass is 16.5. The number of piperazine rings is 1. The molecular formula is C18H28N4O3. The molecule has 7 nitrogen and oxygen atoms in total. The molecule has 25 heavy (non-hydrogen) atoms. The normalized spacial score (nSPS) is 15.1. The Morgan fingerprint density at radius 3 is 2.36 bits per heavy atom. The summed E-state index contributed by atoms with van der Waals surface area (Å²) >= 11 is 0. The Kier molecular flexibility index (Phi) is 5.87. The molecule has 0 bridgehead atoms. The van der Waals surface area contributed by atoms with Gasteiger partial charge >= 0.3 is 0 Å². The number of carbonyl (C=O) groups is 2. The lowest BCUT2D eigenvalue weighted by Crippen LogP contribution is -2.48. The first-order valence-corrected chi connectivity index (χ1v) is 8.55.